The van der Waals surface area contributed by atoms with Crippen LogP contribution < -0.4 is 4.90 Å². The summed E-state index contributed by atoms with van der Waals surface area (Å²) in [6.45, 7) is 2.83. The van der Waals surface area contributed by atoms with Gasteiger partial charge in [-0.3, -0.25) is 9.48 Å². The lowest BCUT2D eigenvalue weighted by atomic mass is 10.0. The Morgan fingerprint density at radius 3 is 2.70 bits per heavy atom. The lowest BCUT2D eigenvalue weighted by molar-refractivity contribution is -0.131. The van der Waals surface area contributed by atoms with Crippen LogP contribution in [0.15, 0.2) is 22.8 Å². The third kappa shape index (κ3) is 3.47. The van der Waals surface area contributed by atoms with Gasteiger partial charge in [-0.15, -0.1) is 12.3 Å². The number of fused-ring (bicyclic) bond motifs is 1. The van der Waals surface area contributed by atoms with Gasteiger partial charge in [0.25, 0.3) is 0 Å². The van der Waals surface area contributed by atoms with E-state index in [2.05, 4.69) is 36.1 Å². The van der Waals surface area contributed by atoms with E-state index in [1.54, 1.807) is 17.2 Å². The molecule has 2 aliphatic heterocycles. The van der Waals surface area contributed by atoms with Crippen LogP contribution in [0.25, 0.3) is 11.0 Å². The maximum absolute atomic E-state index is 12.6. The van der Waals surface area contributed by atoms with Crippen molar-refractivity contribution in [1.29, 1.82) is 0 Å². The van der Waals surface area contributed by atoms with E-state index in [1.807, 2.05) is 11.9 Å². The molecule has 140 valence electrons. The van der Waals surface area contributed by atoms with Crippen LogP contribution in [-0.4, -0.2) is 62.4 Å². The molecule has 0 spiro atoms. The number of aromatic nitrogens is 4. The largest absolute Gasteiger partial charge is 0.352 e. The minimum Gasteiger partial charge on any atom is -0.352 e. The number of anilines is 1. The van der Waals surface area contributed by atoms with Crippen LogP contribution in [0.2, 0.25) is 0 Å². The molecule has 1 fully saturated rings. The molecule has 0 atom stereocenters. The van der Waals surface area contributed by atoms with Crippen LogP contribution in [0.4, 0.5) is 5.82 Å². The average molecular weight is 366 g/mol. The van der Waals surface area contributed by atoms with E-state index in [-0.39, 0.29) is 5.91 Å². The van der Waals surface area contributed by atoms with Gasteiger partial charge < -0.3 is 9.80 Å². The van der Waals surface area contributed by atoms with Gasteiger partial charge in [0.1, 0.15) is 12.1 Å². The highest BCUT2D eigenvalue weighted by molar-refractivity contribution is 5.86. The maximum atomic E-state index is 12.6. The molecule has 4 heterocycles. The zero-order chi connectivity index (χ0) is 18.9. The van der Waals surface area contributed by atoms with E-state index >= 15 is 0 Å². The quantitative estimate of drug-likeness (QED) is 0.720. The third-order valence-electron chi connectivity index (χ3n) is 5.23. The molecule has 0 unspecified atom stereocenters. The summed E-state index contributed by atoms with van der Waals surface area (Å²) in [7, 11) is 1.87. The fraction of sp³-hybridized carbons (Fsp3) is 0.556. The summed E-state index contributed by atoms with van der Waals surface area (Å²) in [6.07, 6.45) is 11.1. The molecule has 2 aliphatic rings. The number of terminal acetylenes is 1. The number of aryl methyl sites for hydroxylation is 1. The van der Waals surface area contributed by atoms with E-state index in [1.165, 1.54) is 0 Å². The normalized spacial score (nSPS) is 17.9. The molecule has 1 saturated heterocycles. The summed E-state index contributed by atoms with van der Waals surface area (Å²) < 4.78 is 1.74. The topological polar surface area (TPSA) is 91.9 Å². The molecule has 4 rings (SSSR count). The number of carbonyl (C=O) groups excluding carboxylic acids is 1. The monoisotopic (exact) mass is 366 g/mol. The fourth-order valence-corrected chi connectivity index (χ4v) is 3.50. The first-order chi connectivity index (χ1) is 13.1. The lowest BCUT2D eigenvalue weighted by Gasteiger charge is -2.35. The van der Waals surface area contributed by atoms with Gasteiger partial charge >= 0.3 is 0 Å². The Morgan fingerprint density at radius 2 is 2.00 bits per heavy atom. The summed E-state index contributed by atoms with van der Waals surface area (Å²) in [5.74, 6) is 3.64. The molecule has 9 heteroatoms. The summed E-state index contributed by atoms with van der Waals surface area (Å²) in [5.41, 5.74) is 0.421. The first-order valence-electron chi connectivity index (χ1n) is 9.15. The van der Waals surface area contributed by atoms with Crippen molar-refractivity contribution in [3.63, 3.8) is 0 Å². The molecule has 0 aromatic carbocycles. The van der Waals surface area contributed by atoms with E-state index in [0.29, 0.717) is 32.4 Å². The zero-order valence-corrected chi connectivity index (χ0v) is 15.4. The van der Waals surface area contributed by atoms with Crippen molar-refractivity contribution in [3.8, 4) is 12.3 Å². The van der Waals surface area contributed by atoms with E-state index in [4.69, 9.17) is 6.42 Å². The summed E-state index contributed by atoms with van der Waals surface area (Å²) in [6, 6.07) is 0. The molecule has 0 bridgehead atoms. The summed E-state index contributed by atoms with van der Waals surface area (Å²) in [4.78, 5) is 25.4. The van der Waals surface area contributed by atoms with Crippen molar-refractivity contribution in [1.82, 2.24) is 24.6 Å². The van der Waals surface area contributed by atoms with Gasteiger partial charge in [0, 0.05) is 58.9 Å². The second-order valence-electron chi connectivity index (χ2n) is 6.96. The molecule has 27 heavy (non-hydrogen) atoms. The van der Waals surface area contributed by atoms with E-state index < -0.39 is 5.66 Å². The van der Waals surface area contributed by atoms with Crippen molar-refractivity contribution in [3.05, 3.63) is 12.5 Å². The molecule has 0 saturated carbocycles. The molecule has 0 aliphatic carbocycles. The second-order valence-corrected chi connectivity index (χ2v) is 6.96. The Kier molecular flexibility index (Phi) is 4.48. The highest BCUT2D eigenvalue weighted by Crippen LogP contribution is 2.37. The first kappa shape index (κ1) is 17.4. The van der Waals surface area contributed by atoms with Crippen LogP contribution in [0.3, 0.4) is 0 Å². The fourth-order valence-electron chi connectivity index (χ4n) is 3.50. The smallest absolute Gasteiger partial charge is 0.222 e. The van der Waals surface area contributed by atoms with Gasteiger partial charge in [0.15, 0.2) is 11.3 Å². The maximum Gasteiger partial charge on any atom is 0.222 e. The minimum absolute atomic E-state index is 0.154. The third-order valence-corrected chi connectivity index (χ3v) is 5.23. The number of nitrogens with zero attached hydrogens (tertiary/aromatic N) is 8. The molecule has 1 amide bonds. The first-order valence-corrected chi connectivity index (χ1v) is 9.15. The van der Waals surface area contributed by atoms with Crippen molar-refractivity contribution < 1.29 is 4.79 Å². The van der Waals surface area contributed by atoms with Crippen LogP contribution in [0, 0.1) is 12.3 Å². The number of hydrogen-bond acceptors (Lipinski definition) is 7. The predicted molar refractivity (Wildman–Crippen MR) is 100.0 cm³/mol. The van der Waals surface area contributed by atoms with Crippen LogP contribution in [0.5, 0.6) is 0 Å². The molecular weight excluding hydrogens is 344 g/mol. The Hall–Kier alpha value is -3.02. The second kappa shape index (κ2) is 6.95. The molecule has 0 N–H and O–H groups in total. The molecule has 2 aromatic rings. The van der Waals surface area contributed by atoms with Gasteiger partial charge in [0.2, 0.25) is 5.91 Å². The van der Waals surface area contributed by atoms with Crippen LogP contribution >= 0.6 is 0 Å². The highest BCUT2D eigenvalue weighted by atomic mass is 16.2. The molecular formula is C18H22N8O. The van der Waals surface area contributed by atoms with Gasteiger partial charge in [-0.1, -0.05) is 0 Å². The number of hydrogen-bond donors (Lipinski definition) is 0. The Labute approximate surface area is 157 Å². The van der Waals surface area contributed by atoms with Crippen molar-refractivity contribution in [2.75, 3.05) is 31.1 Å². The number of rotatable bonds is 6. The molecule has 2 aromatic heterocycles. The predicted octanol–water partition coefficient (Wildman–Crippen LogP) is 1.37. The number of amides is 1. The zero-order valence-electron chi connectivity index (χ0n) is 15.4. The van der Waals surface area contributed by atoms with Gasteiger partial charge in [-0.2, -0.15) is 15.3 Å². The van der Waals surface area contributed by atoms with Crippen molar-refractivity contribution in [2.45, 2.75) is 31.3 Å². The number of piperazine rings is 1. The van der Waals surface area contributed by atoms with Gasteiger partial charge in [0.05, 0.1) is 11.6 Å². The SMILES string of the molecule is C#CCCC1(CCC(=O)N2CCN(c3ncnc4c3cnn4C)CC2)N=N1. The van der Waals surface area contributed by atoms with Gasteiger partial charge in [-0.25, -0.2) is 9.97 Å². The Morgan fingerprint density at radius 1 is 1.22 bits per heavy atom. The Bertz CT molecular complexity index is 913. The van der Waals surface area contributed by atoms with Crippen molar-refractivity contribution in [2.24, 2.45) is 17.3 Å². The summed E-state index contributed by atoms with van der Waals surface area (Å²) in [5, 5.41) is 13.4. The molecule has 9 nitrogen and oxygen atoms in total. The van der Waals surface area contributed by atoms with Gasteiger partial charge in [-0.05, 0) is 0 Å². The highest BCUT2D eigenvalue weighted by Gasteiger charge is 2.39. The summed E-state index contributed by atoms with van der Waals surface area (Å²) >= 11 is 0. The average Bonchev–Trinajstić information content (AvgIpc) is 3.39. The minimum atomic E-state index is -0.392. The number of carbonyl (C=O) groups is 1. The Balaban J connectivity index is 1.32. The van der Waals surface area contributed by atoms with E-state index in [9.17, 15) is 4.79 Å². The van der Waals surface area contributed by atoms with Crippen molar-refractivity contribution >= 4 is 22.8 Å². The van der Waals surface area contributed by atoms with E-state index in [0.717, 1.165) is 36.4 Å². The van der Waals surface area contributed by atoms with Crippen LogP contribution in [-0.2, 0) is 11.8 Å². The lowest BCUT2D eigenvalue weighted by Crippen LogP contribution is -2.49. The van der Waals surface area contributed by atoms with Crippen LogP contribution in [0.1, 0.15) is 25.7 Å². The molecule has 0 radical (unpaired) electrons. The standard InChI is InChI=1S/C18H22N8O/c1-3-4-6-18(22-23-18)7-5-15(27)25-8-10-26(11-9-25)17-14-12-21-24(2)16(14)19-13-20-17/h1,12-13H,4-11H2,2H3.